The number of hydrogen-bond donors (Lipinski definition) is 4. The Hall–Kier alpha value is -3.77. The lowest BCUT2D eigenvalue weighted by Gasteiger charge is -2.40. The van der Waals surface area contributed by atoms with E-state index >= 15 is 0 Å². The van der Waals surface area contributed by atoms with Crippen molar-refractivity contribution in [2.75, 3.05) is 0 Å². The van der Waals surface area contributed by atoms with Gasteiger partial charge in [0.1, 0.15) is 23.8 Å². The fourth-order valence-corrected chi connectivity index (χ4v) is 8.19. The van der Waals surface area contributed by atoms with Crippen molar-refractivity contribution in [3.63, 3.8) is 0 Å². The molecule has 50 heavy (non-hydrogen) atoms. The summed E-state index contributed by atoms with van der Waals surface area (Å²) in [5.74, 6) is -2.93. The molecule has 1 saturated heterocycles. The predicted octanol–water partition coefficient (Wildman–Crippen LogP) is 2.92. The Morgan fingerprint density at radius 2 is 1.58 bits per heavy atom. The number of likely N-dealkylation sites (tertiary alicyclic amines) is 1. The van der Waals surface area contributed by atoms with Gasteiger partial charge in [-0.2, -0.15) is 5.10 Å². The fourth-order valence-electron chi connectivity index (χ4n) is 8.19. The molecule has 3 saturated carbocycles. The van der Waals surface area contributed by atoms with Crippen LogP contribution in [0.4, 0.5) is 0 Å². The van der Waals surface area contributed by atoms with E-state index in [1.54, 1.807) is 18.0 Å². The van der Waals surface area contributed by atoms with Gasteiger partial charge >= 0.3 is 0 Å². The number of fused-ring (bicyclic) bond motifs is 1. The van der Waals surface area contributed by atoms with E-state index in [9.17, 15) is 28.8 Å². The molecule has 13 heteroatoms. The molecule has 4 aliphatic rings. The van der Waals surface area contributed by atoms with Gasteiger partial charge in [0, 0.05) is 25.3 Å². The van der Waals surface area contributed by atoms with E-state index in [0.717, 1.165) is 70.6 Å². The minimum Gasteiger partial charge on any atom is -0.347 e. The number of nitrogens with zero attached hydrogens (tertiary/aromatic N) is 3. The number of ketones is 1. The van der Waals surface area contributed by atoms with Crippen LogP contribution in [0.1, 0.15) is 128 Å². The maximum atomic E-state index is 14.8. The van der Waals surface area contributed by atoms with E-state index in [1.807, 2.05) is 27.7 Å². The molecule has 3 aliphatic carbocycles. The second-order valence-electron chi connectivity index (χ2n) is 16.1. The topological polar surface area (TPSA) is 172 Å². The van der Waals surface area contributed by atoms with Crippen LogP contribution in [0.2, 0.25) is 0 Å². The van der Waals surface area contributed by atoms with Crippen molar-refractivity contribution >= 4 is 35.3 Å². The number of rotatable bonds is 13. The fraction of sp³-hybridized carbons (Fsp3) is 0.757. The van der Waals surface area contributed by atoms with Gasteiger partial charge in [-0.25, -0.2) is 0 Å². The van der Waals surface area contributed by atoms with E-state index in [0.29, 0.717) is 25.0 Å². The smallest absolute Gasteiger partial charge is 0.289 e. The van der Waals surface area contributed by atoms with Gasteiger partial charge < -0.3 is 26.2 Å². The van der Waals surface area contributed by atoms with E-state index in [2.05, 4.69) is 26.4 Å². The molecule has 0 bridgehead atoms. The third-order valence-electron chi connectivity index (χ3n) is 11.1. The number of nitrogens with one attached hydrogen (secondary N) is 4. The summed E-state index contributed by atoms with van der Waals surface area (Å²) < 4.78 is 1.46. The first kappa shape index (κ1) is 37.5. The number of aromatic nitrogens is 2. The van der Waals surface area contributed by atoms with Crippen LogP contribution in [0.25, 0.3) is 0 Å². The summed E-state index contributed by atoms with van der Waals surface area (Å²) in [4.78, 5) is 84.0. The molecule has 1 aromatic heterocycles. The maximum absolute atomic E-state index is 14.8. The molecule has 1 unspecified atom stereocenters. The summed E-state index contributed by atoms with van der Waals surface area (Å²) in [7, 11) is 1.67. The molecule has 1 aliphatic heterocycles. The monoisotopic (exact) mass is 695 g/mol. The Bertz CT molecular complexity index is 1430. The molecule has 276 valence electrons. The first-order valence-corrected chi connectivity index (χ1v) is 18.9. The predicted molar refractivity (Wildman–Crippen MR) is 186 cm³/mol. The van der Waals surface area contributed by atoms with Crippen LogP contribution < -0.4 is 21.3 Å². The minimum atomic E-state index is -0.983. The highest BCUT2D eigenvalue weighted by Gasteiger charge is 2.51. The largest absolute Gasteiger partial charge is 0.347 e. The Balaban J connectivity index is 1.38. The molecule has 0 radical (unpaired) electrons. The molecule has 4 N–H and O–H groups in total. The van der Waals surface area contributed by atoms with Gasteiger partial charge in [0.05, 0.1) is 6.04 Å². The number of aryl methyl sites for hydroxylation is 1. The van der Waals surface area contributed by atoms with Crippen molar-refractivity contribution in [3.8, 4) is 0 Å². The Morgan fingerprint density at radius 3 is 2.20 bits per heavy atom. The van der Waals surface area contributed by atoms with Gasteiger partial charge in [0.25, 0.3) is 11.8 Å². The van der Waals surface area contributed by atoms with Crippen molar-refractivity contribution < 1.29 is 28.8 Å². The zero-order valence-corrected chi connectivity index (χ0v) is 30.5. The summed E-state index contributed by atoms with van der Waals surface area (Å²) >= 11 is 0. The van der Waals surface area contributed by atoms with E-state index < -0.39 is 59.0 Å². The molecule has 6 atom stereocenters. The van der Waals surface area contributed by atoms with Crippen LogP contribution in [0.3, 0.4) is 0 Å². The zero-order chi connectivity index (χ0) is 36.2. The van der Waals surface area contributed by atoms with Gasteiger partial charge in [0.15, 0.2) is 0 Å². The molecular formula is C37H57N7O6. The first-order valence-electron chi connectivity index (χ1n) is 18.9. The normalized spacial score (nSPS) is 24.3. The lowest BCUT2D eigenvalue weighted by atomic mass is 9.81. The number of hydrogen-bond acceptors (Lipinski definition) is 7. The standard InChI is InChI=1S/C37H57N7O6/c1-6-12-25(30(45)35(49)39-24-17-18-24)40-33(47)28-21-23-15-10-11-16-26(23)44(28)36(50)31(37(2,3)4)42-34(48)29(22-13-8-7-9-14-22)41-32(46)27-19-20-38-43(27)5/h19-20,22-26,28-29,31H,6-18,21H2,1-5H3,(H,39,49)(H,40,47)(H,41,46)(H,42,48)/t23-,25-,26-,28-,29?,31+/m0/s1. The number of Topliss-reactive ketones (excluding diaryl/α,β-unsaturated/α-hetero) is 1. The average Bonchev–Trinajstić information content (AvgIpc) is 3.65. The number of carbonyl (C=O) groups is 6. The zero-order valence-electron chi connectivity index (χ0n) is 30.5. The van der Waals surface area contributed by atoms with Crippen molar-refractivity contribution in [1.29, 1.82) is 0 Å². The average molecular weight is 696 g/mol. The van der Waals surface area contributed by atoms with E-state index in [1.165, 1.54) is 10.9 Å². The third-order valence-corrected chi connectivity index (χ3v) is 11.1. The van der Waals surface area contributed by atoms with Crippen LogP contribution >= 0.6 is 0 Å². The highest BCUT2D eigenvalue weighted by atomic mass is 16.2. The maximum Gasteiger partial charge on any atom is 0.289 e. The second-order valence-corrected chi connectivity index (χ2v) is 16.1. The van der Waals surface area contributed by atoms with Gasteiger partial charge in [-0.1, -0.05) is 66.2 Å². The van der Waals surface area contributed by atoms with Gasteiger partial charge in [-0.3, -0.25) is 33.4 Å². The molecule has 0 aromatic carbocycles. The summed E-state index contributed by atoms with van der Waals surface area (Å²) in [5, 5.41) is 15.7. The van der Waals surface area contributed by atoms with Crippen molar-refractivity contribution in [2.24, 2.45) is 24.3 Å². The van der Waals surface area contributed by atoms with Gasteiger partial charge in [0.2, 0.25) is 23.5 Å². The molecule has 0 spiro atoms. The Morgan fingerprint density at radius 1 is 0.900 bits per heavy atom. The molecule has 5 rings (SSSR count). The lowest BCUT2D eigenvalue weighted by molar-refractivity contribution is -0.147. The van der Waals surface area contributed by atoms with Crippen LogP contribution in [0, 0.1) is 17.3 Å². The molecule has 4 fully saturated rings. The van der Waals surface area contributed by atoms with Crippen LogP contribution in [0.5, 0.6) is 0 Å². The van der Waals surface area contributed by atoms with Crippen LogP contribution in [-0.2, 0) is 31.0 Å². The van der Waals surface area contributed by atoms with E-state index in [-0.39, 0.29) is 29.8 Å². The van der Waals surface area contributed by atoms with Crippen molar-refractivity contribution in [3.05, 3.63) is 18.0 Å². The molecule has 5 amide bonds. The second kappa shape index (κ2) is 16.1. The Labute approximate surface area is 295 Å². The van der Waals surface area contributed by atoms with Crippen molar-refractivity contribution in [1.82, 2.24) is 35.9 Å². The van der Waals surface area contributed by atoms with Crippen molar-refractivity contribution in [2.45, 2.75) is 154 Å². The first-order chi connectivity index (χ1) is 23.8. The molecule has 13 nitrogen and oxygen atoms in total. The highest BCUT2D eigenvalue weighted by molar-refractivity contribution is 6.38. The molecule has 1 aromatic rings. The van der Waals surface area contributed by atoms with Crippen LogP contribution in [-0.4, -0.2) is 86.3 Å². The van der Waals surface area contributed by atoms with Crippen LogP contribution in [0.15, 0.2) is 12.3 Å². The lowest BCUT2D eigenvalue weighted by Crippen LogP contribution is -2.63. The molecule has 2 heterocycles. The number of carbonyl (C=O) groups excluding carboxylic acids is 6. The van der Waals surface area contributed by atoms with Gasteiger partial charge in [-0.05, 0) is 74.7 Å². The molecular weight excluding hydrogens is 638 g/mol. The number of amides is 5. The minimum absolute atomic E-state index is 0.0150. The quantitative estimate of drug-likeness (QED) is 0.230. The summed E-state index contributed by atoms with van der Waals surface area (Å²) in [6.45, 7) is 7.55. The Kier molecular flexibility index (Phi) is 12.0. The van der Waals surface area contributed by atoms with Gasteiger partial charge in [-0.15, -0.1) is 0 Å². The SMILES string of the molecule is CCC[C@H](NC(=O)[C@@H]1C[C@@H]2CCCC[C@@H]2N1C(=O)[C@@H](NC(=O)C(NC(=O)c1ccnn1C)C1CCCCC1)C(C)(C)C)C(=O)C(=O)NC1CC1. The third kappa shape index (κ3) is 8.74. The summed E-state index contributed by atoms with van der Waals surface area (Å²) in [5.41, 5.74) is -0.396. The van der Waals surface area contributed by atoms with E-state index in [4.69, 9.17) is 0 Å². The summed E-state index contributed by atoms with van der Waals surface area (Å²) in [6, 6.07) is -2.21. The summed E-state index contributed by atoms with van der Waals surface area (Å²) in [6.07, 6.45) is 12.7. The highest BCUT2D eigenvalue weighted by Crippen LogP contribution is 2.41.